The van der Waals surface area contributed by atoms with Crippen molar-refractivity contribution < 1.29 is 9.59 Å². The molecular formula is C24H21Cl2N3O2. The van der Waals surface area contributed by atoms with Gasteiger partial charge in [0.25, 0.3) is 5.91 Å². The number of nitrogens with zero attached hydrogens (tertiary/aromatic N) is 2. The summed E-state index contributed by atoms with van der Waals surface area (Å²) in [7, 11) is 0. The SMILES string of the molecule is O=C(Cc1ccc(Cl)cc1C(=O)Nc1ccc(Cl)cn1)c1ccc(CN2CCC2)cc1. The van der Waals surface area contributed by atoms with Crippen molar-refractivity contribution in [2.24, 2.45) is 0 Å². The normalized spacial score (nSPS) is 13.5. The third-order valence-electron chi connectivity index (χ3n) is 5.27. The maximum atomic E-state index is 12.9. The van der Waals surface area contributed by atoms with E-state index in [1.165, 1.54) is 18.2 Å². The van der Waals surface area contributed by atoms with E-state index in [1.54, 1.807) is 30.3 Å². The monoisotopic (exact) mass is 453 g/mol. The van der Waals surface area contributed by atoms with Crippen LogP contribution in [0.4, 0.5) is 5.82 Å². The molecule has 5 nitrogen and oxygen atoms in total. The van der Waals surface area contributed by atoms with Gasteiger partial charge in [-0.2, -0.15) is 0 Å². The zero-order valence-corrected chi connectivity index (χ0v) is 18.3. The highest BCUT2D eigenvalue weighted by molar-refractivity contribution is 6.31. The zero-order chi connectivity index (χ0) is 21.8. The number of Topliss-reactive ketones (excluding diaryl/α,β-unsaturated/α-hetero) is 1. The Morgan fingerprint density at radius 3 is 2.35 bits per heavy atom. The fourth-order valence-corrected chi connectivity index (χ4v) is 3.70. The lowest BCUT2D eigenvalue weighted by Gasteiger charge is -2.30. The molecule has 4 rings (SSSR count). The van der Waals surface area contributed by atoms with E-state index in [1.807, 2.05) is 24.3 Å². The van der Waals surface area contributed by atoms with Crippen LogP contribution in [0.1, 0.15) is 38.3 Å². The molecule has 0 radical (unpaired) electrons. The molecule has 0 unspecified atom stereocenters. The Kier molecular flexibility index (Phi) is 6.66. The predicted octanol–water partition coefficient (Wildman–Crippen LogP) is 5.27. The number of hydrogen-bond acceptors (Lipinski definition) is 4. The van der Waals surface area contributed by atoms with E-state index in [0.717, 1.165) is 19.6 Å². The average Bonchev–Trinajstić information content (AvgIpc) is 2.74. The molecule has 31 heavy (non-hydrogen) atoms. The lowest BCUT2D eigenvalue weighted by Crippen LogP contribution is -2.36. The number of aromatic nitrogens is 1. The van der Waals surface area contributed by atoms with Crippen molar-refractivity contribution in [3.8, 4) is 0 Å². The van der Waals surface area contributed by atoms with Gasteiger partial charge in [0.15, 0.2) is 5.78 Å². The number of pyridine rings is 1. The van der Waals surface area contributed by atoms with Crippen LogP contribution in [0, 0.1) is 0 Å². The molecule has 1 aromatic heterocycles. The first-order valence-corrected chi connectivity index (χ1v) is 10.8. The molecule has 0 bridgehead atoms. The van der Waals surface area contributed by atoms with Gasteiger partial charge in [-0.1, -0.05) is 53.5 Å². The number of carbonyl (C=O) groups excluding carboxylic acids is 2. The molecular weight excluding hydrogens is 433 g/mol. The number of likely N-dealkylation sites (tertiary alicyclic amines) is 1. The Hall–Kier alpha value is -2.73. The van der Waals surface area contributed by atoms with Crippen LogP contribution < -0.4 is 5.32 Å². The van der Waals surface area contributed by atoms with E-state index < -0.39 is 0 Å². The van der Waals surface area contributed by atoms with Crippen LogP contribution in [-0.4, -0.2) is 34.7 Å². The third kappa shape index (κ3) is 5.50. The van der Waals surface area contributed by atoms with Crippen molar-refractivity contribution >= 4 is 40.7 Å². The van der Waals surface area contributed by atoms with Gasteiger partial charge in [0.2, 0.25) is 0 Å². The maximum absolute atomic E-state index is 12.9. The number of nitrogens with one attached hydrogen (secondary N) is 1. The molecule has 3 aromatic rings. The van der Waals surface area contributed by atoms with E-state index in [2.05, 4.69) is 15.2 Å². The zero-order valence-electron chi connectivity index (χ0n) is 16.8. The molecule has 0 spiro atoms. The molecule has 2 aromatic carbocycles. The van der Waals surface area contributed by atoms with Crippen LogP contribution in [0.5, 0.6) is 0 Å². The molecule has 1 saturated heterocycles. The van der Waals surface area contributed by atoms with Gasteiger partial charge in [0, 0.05) is 35.3 Å². The van der Waals surface area contributed by atoms with Gasteiger partial charge < -0.3 is 5.32 Å². The molecule has 1 aliphatic heterocycles. The lowest BCUT2D eigenvalue weighted by atomic mass is 9.97. The van der Waals surface area contributed by atoms with Gasteiger partial charge in [-0.3, -0.25) is 14.5 Å². The molecule has 2 heterocycles. The molecule has 7 heteroatoms. The van der Waals surface area contributed by atoms with Crippen molar-refractivity contribution in [1.29, 1.82) is 0 Å². The van der Waals surface area contributed by atoms with Gasteiger partial charge in [0.1, 0.15) is 5.82 Å². The van der Waals surface area contributed by atoms with Gasteiger partial charge >= 0.3 is 0 Å². The number of halogens is 2. The Balaban J connectivity index is 1.48. The summed E-state index contributed by atoms with van der Waals surface area (Å²) in [6.07, 6.45) is 2.80. The van der Waals surface area contributed by atoms with E-state index in [-0.39, 0.29) is 18.1 Å². The Labute approximate surface area is 191 Å². The summed E-state index contributed by atoms with van der Waals surface area (Å²) in [5, 5.41) is 3.61. The number of anilines is 1. The maximum Gasteiger partial charge on any atom is 0.257 e. The summed E-state index contributed by atoms with van der Waals surface area (Å²) in [5.74, 6) is -0.0778. The second-order valence-electron chi connectivity index (χ2n) is 7.54. The number of amides is 1. The molecule has 0 saturated carbocycles. The first-order valence-electron chi connectivity index (χ1n) is 10.0. The largest absolute Gasteiger partial charge is 0.307 e. The van der Waals surface area contributed by atoms with Crippen molar-refractivity contribution in [3.05, 3.63) is 93.1 Å². The predicted molar refractivity (Wildman–Crippen MR) is 123 cm³/mol. The van der Waals surface area contributed by atoms with Gasteiger partial charge in [-0.25, -0.2) is 4.98 Å². The van der Waals surface area contributed by atoms with Crippen molar-refractivity contribution in [3.63, 3.8) is 0 Å². The summed E-state index contributed by atoms with van der Waals surface area (Å²) in [6.45, 7) is 3.18. The molecule has 1 amide bonds. The third-order valence-corrected chi connectivity index (χ3v) is 5.73. The van der Waals surface area contributed by atoms with Crippen LogP contribution in [0.25, 0.3) is 0 Å². The van der Waals surface area contributed by atoms with Crippen molar-refractivity contribution in [2.45, 2.75) is 19.4 Å². The Morgan fingerprint density at radius 1 is 0.968 bits per heavy atom. The summed E-state index contributed by atoms with van der Waals surface area (Å²) in [4.78, 5) is 32.1. The molecule has 158 valence electrons. The van der Waals surface area contributed by atoms with E-state index in [0.29, 0.717) is 32.6 Å². The van der Waals surface area contributed by atoms with Crippen LogP contribution >= 0.6 is 23.2 Å². The average molecular weight is 454 g/mol. The second-order valence-corrected chi connectivity index (χ2v) is 8.42. The minimum Gasteiger partial charge on any atom is -0.307 e. The topological polar surface area (TPSA) is 62.3 Å². The summed E-state index contributed by atoms with van der Waals surface area (Å²) < 4.78 is 0. The van der Waals surface area contributed by atoms with Crippen molar-refractivity contribution in [1.82, 2.24) is 9.88 Å². The van der Waals surface area contributed by atoms with E-state index in [9.17, 15) is 9.59 Å². The fraction of sp³-hybridized carbons (Fsp3) is 0.208. The van der Waals surface area contributed by atoms with E-state index in [4.69, 9.17) is 23.2 Å². The number of ketones is 1. The molecule has 0 atom stereocenters. The Morgan fingerprint density at radius 2 is 1.71 bits per heavy atom. The fourth-order valence-electron chi connectivity index (χ4n) is 3.42. The highest BCUT2D eigenvalue weighted by Gasteiger charge is 2.17. The second kappa shape index (κ2) is 9.60. The van der Waals surface area contributed by atoms with Crippen LogP contribution in [0.3, 0.4) is 0 Å². The lowest BCUT2D eigenvalue weighted by molar-refractivity contribution is 0.0992. The summed E-state index contributed by atoms with van der Waals surface area (Å²) >= 11 is 12.0. The minimum atomic E-state index is -0.384. The van der Waals surface area contributed by atoms with Gasteiger partial charge in [-0.05, 0) is 54.9 Å². The van der Waals surface area contributed by atoms with E-state index >= 15 is 0 Å². The first kappa shape index (κ1) is 21.5. The quantitative estimate of drug-likeness (QED) is 0.494. The standard InChI is InChI=1S/C24H21Cl2N3O2/c25-19-7-6-18(21(13-19)24(31)28-23-9-8-20(26)14-27-23)12-22(30)17-4-2-16(3-5-17)15-29-10-1-11-29/h2-9,13-14H,1,10-12,15H2,(H,27,28,31). The van der Waals surface area contributed by atoms with Crippen LogP contribution in [-0.2, 0) is 13.0 Å². The molecule has 0 aliphatic carbocycles. The minimum absolute atomic E-state index is 0.0588. The van der Waals surface area contributed by atoms with Crippen LogP contribution in [0.2, 0.25) is 10.0 Å². The van der Waals surface area contributed by atoms with Crippen molar-refractivity contribution in [2.75, 3.05) is 18.4 Å². The molecule has 1 N–H and O–H groups in total. The van der Waals surface area contributed by atoms with Gasteiger partial charge in [-0.15, -0.1) is 0 Å². The molecule has 1 fully saturated rings. The summed E-state index contributed by atoms with van der Waals surface area (Å²) in [5.41, 5.74) is 2.75. The van der Waals surface area contributed by atoms with Gasteiger partial charge in [0.05, 0.1) is 5.02 Å². The number of rotatable bonds is 7. The number of benzene rings is 2. The smallest absolute Gasteiger partial charge is 0.257 e. The molecule has 1 aliphatic rings. The highest BCUT2D eigenvalue weighted by Crippen LogP contribution is 2.21. The highest BCUT2D eigenvalue weighted by atomic mass is 35.5. The number of hydrogen-bond donors (Lipinski definition) is 1. The first-order chi connectivity index (χ1) is 15.0. The number of carbonyl (C=O) groups is 2. The summed E-state index contributed by atoms with van der Waals surface area (Å²) in [6, 6.07) is 15.9. The van der Waals surface area contributed by atoms with Crippen LogP contribution in [0.15, 0.2) is 60.8 Å². The Bertz CT molecular complexity index is 1090.